The van der Waals surface area contributed by atoms with E-state index >= 15 is 0 Å². The number of hydrogen-bond donors (Lipinski definition) is 1. The van der Waals surface area contributed by atoms with Gasteiger partial charge in [0, 0.05) is 24.6 Å². The smallest absolute Gasteiger partial charge is 0.342 e. The third-order valence-corrected chi connectivity index (χ3v) is 4.12. The Morgan fingerprint density at radius 2 is 1.88 bits per heavy atom. The lowest BCUT2D eigenvalue weighted by atomic mass is 9.87. The van der Waals surface area contributed by atoms with Gasteiger partial charge in [0.25, 0.3) is 0 Å². The van der Waals surface area contributed by atoms with Crippen LogP contribution in [-0.4, -0.2) is 36.2 Å². The molecule has 0 aromatic heterocycles. The lowest BCUT2D eigenvalue weighted by Crippen LogP contribution is -2.43. The summed E-state index contributed by atoms with van der Waals surface area (Å²) in [5, 5.41) is 0. The van der Waals surface area contributed by atoms with Crippen LogP contribution in [0.2, 0.25) is 0 Å². The highest BCUT2D eigenvalue weighted by Crippen LogP contribution is 2.34. The van der Waals surface area contributed by atoms with E-state index < -0.39 is 34.8 Å². The first-order valence-electron chi connectivity index (χ1n) is 7.26. The summed E-state index contributed by atoms with van der Waals surface area (Å²) >= 11 is 5.26. The molecule has 0 saturated carbocycles. The molecule has 1 saturated heterocycles. The van der Waals surface area contributed by atoms with Crippen LogP contribution >= 0.6 is 11.8 Å². The van der Waals surface area contributed by atoms with Crippen LogP contribution in [-0.2, 0) is 11.0 Å². The molecule has 0 spiro atoms. The van der Waals surface area contributed by atoms with Gasteiger partial charge in [0.2, 0.25) is 5.91 Å². The van der Waals surface area contributed by atoms with E-state index in [0.29, 0.717) is 18.2 Å². The van der Waals surface area contributed by atoms with Gasteiger partial charge in [0.15, 0.2) is 5.78 Å². The summed E-state index contributed by atoms with van der Waals surface area (Å²) in [6, 6.07) is 1.88. The first kappa shape index (κ1) is 18.7. The minimum Gasteiger partial charge on any atom is -0.342 e. The van der Waals surface area contributed by atoms with Gasteiger partial charge in [-0.15, -0.1) is 0 Å². The van der Waals surface area contributed by atoms with Crippen molar-refractivity contribution in [1.29, 1.82) is 0 Å². The standard InChI is InChI=1S/C15H15ClF4N2O2/c16-21-8-13(23)22-5-3-9(4-6-22)14(24)11-7-10(17)1-2-12(11)15(18,19)20/h1-2,7,9,21H,3-6,8H2. The minimum atomic E-state index is -4.73. The largest absolute Gasteiger partial charge is 0.417 e. The molecule has 4 nitrogen and oxygen atoms in total. The number of halogens is 5. The van der Waals surface area contributed by atoms with Crippen LogP contribution in [0.3, 0.4) is 0 Å². The number of rotatable bonds is 4. The number of amides is 1. The van der Waals surface area contributed by atoms with Crippen molar-refractivity contribution in [2.45, 2.75) is 19.0 Å². The maximum atomic E-state index is 13.3. The maximum Gasteiger partial charge on any atom is 0.417 e. The summed E-state index contributed by atoms with van der Waals surface area (Å²) in [6.45, 7) is 0.414. The average molecular weight is 367 g/mol. The highest BCUT2D eigenvalue weighted by atomic mass is 35.5. The number of nitrogens with one attached hydrogen (secondary N) is 1. The van der Waals surface area contributed by atoms with E-state index in [4.69, 9.17) is 11.8 Å². The second kappa shape index (κ2) is 7.48. The number of Topliss-reactive ketones (excluding diaryl/α,β-unsaturated/α-hetero) is 1. The maximum absolute atomic E-state index is 13.3. The third-order valence-electron chi connectivity index (χ3n) is 3.99. The topological polar surface area (TPSA) is 49.4 Å². The van der Waals surface area contributed by atoms with Gasteiger partial charge in [-0.05, 0) is 42.8 Å². The Hall–Kier alpha value is -1.67. The minimum absolute atomic E-state index is 0.0672. The Balaban J connectivity index is 2.14. The van der Waals surface area contributed by atoms with Crippen LogP contribution in [0.5, 0.6) is 0 Å². The van der Waals surface area contributed by atoms with Crippen LogP contribution in [0, 0.1) is 11.7 Å². The summed E-state index contributed by atoms with van der Waals surface area (Å²) < 4.78 is 52.4. The fourth-order valence-corrected chi connectivity index (χ4v) is 2.86. The zero-order valence-corrected chi connectivity index (χ0v) is 13.3. The van der Waals surface area contributed by atoms with E-state index in [2.05, 4.69) is 4.84 Å². The van der Waals surface area contributed by atoms with Crippen molar-refractivity contribution < 1.29 is 27.2 Å². The van der Waals surface area contributed by atoms with Gasteiger partial charge >= 0.3 is 6.18 Å². The lowest BCUT2D eigenvalue weighted by molar-refractivity contribution is -0.138. The second-order valence-corrected chi connectivity index (χ2v) is 5.78. The van der Waals surface area contributed by atoms with E-state index in [9.17, 15) is 27.2 Å². The molecule has 1 fully saturated rings. The number of piperidine rings is 1. The van der Waals surface area contributed by atoms with Crippen molar-refractivity contribution >= 4 is 23.5 Å². The second-order valence-electron chi connectivity index (χ2n) is 5.52. The fourth-order valence-electron chi connectivity index (χ4n) is 2.75. The first-order chi connectivity index (χ1) is 11.2. The van der Waals surface area contributed by atoms with E-state index in [-0.39, 0.29) is 38.4 Å². The molecule has 0 aliphatic carbocycles. The summed E-state index contributed by atoms with van der Waals surface area (Å²) in [5.74, 6) is -2.57. The molecule has 1 aromatic rings. The fraction of sp³-hybridized carbons (Fsp3) is 0.467. The molecular formula is C15H15ClF4N2O2. The Kier molecular flexibility index (Phi) is 5.82. The van der Waals surface area contributed by atoms with E-state index in [0.717, 1.165) is 0 Å². The predicted octanol–water partition coefficient (Wildman–Crippen LogP) is 3.01. The van der Waals surface area contributed by atoms with Crippen molar-refractivity contribution in [3.63, 3.8) is 0 Å². The Morgan fingerprint density at radius 1 is 1.25 bits per heavy atom. The molecule has 1 amide bonds. The number of ketones is 1. The number of carbonyl (C=O) groups is 2. The molecule has 0 atom stereocenters. The predicted molar refractivity (Wildman–Crippen MR) is 78.9 cm³/mol. The normalized spacial score (nSPS) is 16.3. The van der Waals surface area contributed by atoms with Crippen molar-refractivity contribution in [3.05, 3.63) is 35.1 Å². The molecule has 1 aromatic carbocycles. The zero-order chi connectivity index (χ0) is 17.9. The molecule has 1 aliphatic heterocycles. The van der Waals surface area contributed by atoms with Gasteiger partial charge in [0.05, 0.1) is 12.1 Å². The van der Waals surface area contributed by atoms with E-state index in [1.54, 1.807) is 0 Å². The van der Waals surface area contributed by atoms with E-state index in [1.165, 1.54) is 4.90 Å². The number of carbonyl (C=O) groups excluding carboxylic acids is 2. The molecule has 2 rings (SSSR count). The number of nitrogens with zero attached hydrogens (tertiary/aromatic N) is 1. The van der Waals surface area contributed by atoms with Crippen molar-refractivity contribution in [3.8, 4) is 0 Å². The zero-order valence-electron chi connectivity index (χ0n) is 12.5. The van der Waals surface area contributed by atoms with Crippen LogP contribution in [0.4, 0.5) is 17.6 Å². The monoisotopic (exact) mass is 366 g/mol. The van der Waals surface area contributed by atoms with Crippen LogP contribution in [0.25, 0.3) is 0 Å². The summed E-state index contributed by atoms with van der Waals surface area (Å²) in [7, 11) is 0. The van der Waals surface area contributed by atoms with Gasteiger partial charge in [0.1, 0.15) is 5.82 Å². The van der Waals surface area contributed by atoms with Crippen molar-refractivity contribution in [1.82, 2.24) is 9.74 Å². The SMILES string of the molecule is O=C(c1cc(F)ccc1C(F)(F)F)C1CCN(C(=O)CNCl)CC1. The molecule has 1 N–H and O–H groups in total. The molecule has 1 heterocycles. The number of benzene rings is 1. The van der Waals surface area contributed by atoms with E-state index in [1.807, 2.05) is 0 Å². The quantitative estimate of drug-likeness (QED) is 0.506. The van der Waals surface area contributed by atoms with Gasteiger partial charge in [-0.1, -0.05) is 0 Å². The van der Waals surface area contributed by atoms with Gasteiger partial charge in [-0.25, -0.2) is 9.23 Å². The average Bonchev–Trinajstić information content (AvgIpc) is 2.53. The molecule has 132 valence electrons. The molecule has 9 heteroatoms. The number of alkyl halides is 3. The summed E-state index contributed by atoms with van der Waals surface area (Å²) in [4.78, 5) is 27.8. The van der Waals surface area contributed by atoms with Gasteiger partial charge in [-0.3, -0.25) is 9.59 Å². The van der Waals surface area contributed by atoms with Gasteiger partial charge in [-0.2, -0.15) is 13.2 Å². The highest BCUT2D eigenvalue weighted by molar-refractivity contribution is 6.14. The highest BCUT2D eigenvalue weighted by Gasteiger charge is 2.37. The third kappa shape index (κ3) is 4.24. The first-order valence-corrected chi connectivity index (χ1v) is 7.64. The number of hydrogen-bond acceptors (Lipinski definition) is 3. The molecule has 1 aliphatic rings. The molecule has 0 radical (unpaired) electrons. The van der Waals surface area contributed by atoms with Crippen molar-refractivity contribution in [2.24, 2.45) is 5.92 Å². The molecule has 0 bridgehead atoms. The Bertz CT molecular complexity index is 628. The molecule has 0 unspecified atom stereocenters. The van der Waals surface area contributed by atoms with Crippen LogP contribution in [0.15, 0.2) is 18.2 Å². The lowest BCUT2D eigenvalue weighted by Gasteiger charge is -2.31. The number of likely N-dealkylation sites (tertiary alicyclic amines) is 1. The van der Waals surface area contributed by atoms with Crippen LogP contribution < -0.4 is 4.84 Å². The summed E-state index contributed by atoms with van der Waals surface area (Å²) in [5.41, 5.74) is -1.80. The summed E-state index contributed by atoms with van der Waals surface area (Å²) in [6.07, 6.45) is -4.29. The molecular weight excluding hydrogens is 352 g/mol. The Labute approximate surface area is 140 Å². The van der Waals surface area contributed by atoms with Gasteiger partial charge < -0.3 is 4.90 Å². The molecule has 24 heavy (non-hydrogen) atoms. The van der Waals surface area contributed by atoms with Crippen molar-refractivity contribution in [2.75, 3.05) is 19.6 Å². The Morgan fingerprint density at radius 3 is 2.42 bits per heavy atom. The van der Waals surface area contributed by atoms with Crippen LogP contribution in [0.1, 0.15) is 28.8 Å².